The Kier molecular flexibility index (Phi) is 13.1. The van der Waals surface area contributed by atoms with Crippen molar-refractivity contribution >= 4 is 12.0 Å². The number of carbonyl (C=O) groups is 2. The number of aliphatic hydroxyl groups excluding tert-OH is 1. The summed E-state index contributed by atoms with van der Waals surface area (Å²) in [6, 6.07) is 8.36. The zero-order valence-electron chi connectivity index (χ0n) is 21.9. The third-order valence-electron chi connectivity index (χ3n) is 6.23. The van der Waals surface area contributed by atoms with Gasteiger partial charge < -0.3 is 26.2 Å². The fourth-order valence-electron chi connectivity index (χ4n) is 4.20. The molecule has 10 heteroatoms. The molecular formula is C28H38F3N3O4. The number of carbonyl (C=O) groups excluding carboxylic acids is 1. The molecule has 5 N–H and O–H groups in total. The highest BCUT2D eigenvalue weighted by molar-refractivity contribution is 5.85. The number of aliphatic hydroxyl groups is 1. The van der Waals surface area contributed by atoms with Crippen molar-refractivity contribution in [2.24, 2.45) is 0 Å². The number of amides is 2. The van der Waals surface area contributed by atoms with E-state index in [9.17, 15) is 27.9 Å². The predicted molar refractivity (Wildman–Crippen MR) is 140 cm³/mol. The van der Waals surface area contributed by atoms with Crippen LogP contribution in [-0.2, 0) is 24.2 Å². The maximum absolute atomic E-state index is 14.4. The molecule has 2 aromatic carbocycles. The number of aryl methyl sites for hydroxylation is 1. The van der Waals surface area contributed by atoms with Gasteiger partial charge >= 0.3 is 6.09 Å². The summed E-state index contributed by atoms with van der Waals surface area (Å²) in [5.41, 5.74) is 2.35. The van der Waals surface area contributed by atoms with Crippen LogP contribution in [0.25, 0.3) is 0 Å². The Labute approximate surface area is 221 Å². The van der Waals surface area contributed by atoms with E-state index in [1.54, 1.807) is 0 Å². The summed E-state index contributed by atoms with van der Waals surface area (Å²) in [7, 11) is 0. The minimum atomic E-state index is -1.49. The number of unbranched alkanes of at least 4 members (excludes halogenated alkanes) is 1. The number of rotatable bonds is 16. The number of hydrogen-bond acceptors (Lipinski definition) is 4. The molecule has 2 aromatic rings. The van der Waals surface area contributed by atoms with Gasteiger partial charge in [0.2, 0.25) is 5.91 Å². The quantitative estimate of drug-likeness (QED) is 0.220. The molecule has 0 aliphatic heterocycles. The lowest BCUT2D eigenvalue weighted by atomic mass is 9.99. The van der Waals surface area contributed by atoms with Crippen LogP contribution >= 0.6 is 0 Å². The molecule has 0 bridgehead atoms. The van der Waals surface area contributed by atoms with Gasteiger partial charge in [0.25, 0.3) is 0 Å². The van der Waals surface area contributed by atoms with Crippen molar-refractivity contribution in [2.45, 2.75) is 83.3 Å². The maximum atomic E-state index is 14.4. The number of alkyl halides is 1. The summed E-state index contributed by atoms with van der Waals surface area (Å²) < 4.78 is 42.0. The second kappa shape index (κ2) is 16.0. The summed E-state index contributed by atoms with van der Waals surface area (Å²) in [6.45, 7) is 4.39. The molecule has 210 valence electrons. The SMILES string of the molecule is CCCCC(F)C[C@@H](NC(=O)O)C(=O)N[C@@H](Cc1cc(F)cc(F)c1)[C@@H](O)CNCc1cccc(CC)c1. The van der Waals surface area contributed by atoms with Gasteiger partial charge in [0.05, 0.1) is 12.1 Å². The Morgan fingerprint density at radius 3 is 2.29 bits per heavy atom. The summed E-state index contributed by atoms with van der Waals surface area (Å²) in [5.74, 6) is -2.45. The Bertz CT molecular complexity index is 1020. The number of nitrogens with one attached hydrogen (secondary N) is 3. The predicted octanol–water partition coefficient (Wildman–Crippen LogP) is 4.26. The van der Waals surface area contributed by atoms with Gasteiger partial charge in [0.1, 0.15) is 23.8 Å². The highest BCUT2D eigenvalue weighted by atomic mass is 19.1. The molecule has 0 spiro atoms. The lowest BCUT2D eigenvalue weighted by Crippen LogP contribution is -2.55. The number of halogens is 3. The van der Waals surface area contributed by atoms with E-state index in [-0.39, 0.29) is 31.4 Å². The van der Waals surface area contributed by atoms with Gasteiger partial charge in [-0.1, -0.05) is 51.0 Å². The fourth-order valence-corrected chi connectivity index (χ4v) is 4.20. The van der Waals surface area contributed by atoms with E-state index in [0.717, 1.165) is 36.1 Å². The third-order valence-corrected chi connectivity index (χ3v) is 6.23. The molecule has 0 saturated heterocycles. The van der Waals surface area contributed by atoms with Gasteiger partial charge in [-0.15, -0.1) is 0 Å². The molecule has 4 atom stereocenters. The number of benzene rings is 2. The summed E-state index contributed by atoms with van der Waals surface area (Å²) in [4.78, 5) is 24.3. The first-order valence-corrected chi connectivity index (χ1v) is 13.0. The molecule has 38 heavy (non-hydrogen) atoms. The molecule has 0 aliphatic rings. The average Bonchev–Trinajstić information content (AvgIpc) is 2.85. The van der Waals surface area contributed by atoms with E-state index in [1.165, 1.54) is 0 Å². The average molecular weight is 538 g/mol. The normalized spacial score (nSPS) is 14.4. The van der Waals surface area contributed by atoms with Crippen LogP contribution in [0.5, 0.6) is 0 Å². The van der Waals surface area contributed by atoms with Gasteiger partial charge in [-0.05, 0) is 48.1 Å². The molecular weight excluding hydrogens is 499 g/mol. The first kappa shape index (κ1) is 31.1. The molecule has 1 unspecified atom stereocenters. The fraction of sp³-hybridized carbons (Fsp3) is 0.500. The van der Waals surface area contributed by atoms with Crippen LogP contribution in [-0.4, -0.2) is 53.1 Å². The van der Waals surface area contributed by atoms with Crippen molar-refractivity contribution in [3.8, 4) is 0 Å². The molecule has 0 radical (unpaired) electrons. The third kappa shape index (κ3) is 11.1. The Morgan fingerprint density at radius 1 is 0.974 bits per heavy atom. The smallest absolute Gasteiger partial charge is 0.405 e. The van der Waals surface area contributed by atoms with Crippen LogP contribution < -0.4 is 16.0 Å². The van der Waals surface area contributed by atoms with Gasteiger partial charge in [-0.2, -0.15) is 0 Å². The van der Waals surface area contributed by atoms with Gasteiger partial charge in [0, 0.05) is 25.6 Å². The first-order chi connectivity index (χ1) is 18.1. The van der Waals surface area contributed by atoms with E-state index in [4.69, 9.17) is 5.11 Å². The molecule has 0 heterocycles. The second-order valence-electron chi connectivity index (χ2n) is 9.45. The van der Waals surface area contributed by atoms with Crippen molar-refractivity contribution in [1.82, 2.24) is 16.0 Å². The molecule has 0 saturated carbocycles. The van der Waals surface area contributed by atoms with E-state index >= 15 is 0 Å². The Morgan fingerprint density at radius 2 is 1.66 bits per heavy atom. The highest BCUT2D eigenvalue weighted by Gasteiger charge is 2.29. The largest absolute Gasteiger partial charge is 0.465 e. The summed E-state index contributed by atoms with van der Waals surface area (Å²) in [6.07, 6.45) is -2.22. The van der Waals surface area contributed by atoms with Crippen LogP contribution in [0, 0.1) is 11.6 Å². The zero-order chi connectivity index (χ0) is 28.1. The van der Waals surface area contributed by atoms with E-state index < -0.39 is 48.0 Å². The number of carboxylic acid groups (broad SMARTS) is 1. The topological polar surface area (TPSA) is 111 Å². The van der Waals surface area contributed by atoms with Crippen molar-refractivity contribution in [3.05, 3.63) is 70.8 Å². The maximum Gasteiger partial charge on any atom is 0.405 e. The highest BCUT2D eigenvalue weighted by Crippen LogP contribution is 2.15. The van der Waals surface area contributed by atoms with Crippen molar-refractivity contribution in [3.63, 3.8) is 0 Å². The number of hydrogen-bond donors (Lipinski definition) is 5. The van der Waals surface area contributed by atoms with E-state index in [2.05, 4.69) is 10.6 Å². The van der Waals surface area contributed by atoms with Crippen LogP contribution in [0.1, 0.15) is 56.2 Å². The lowest BCUT2D eigenvalue weighted by molar-refractivity contribution is -0.125. The minimum absolute atomic E-state index is 0.0261. The van der Waals surface area contributed by atoms with E-state index in [1.807, 2.05) is 43.4 Å². The lowest BCUT2D eigenvalue weighted by Gasteiger charge is -2.27. The van der Waals surface area contributed by atoms with Crippen molar-refractivity contribution in [2.75, 3.05) is 6.54 Å². The molecule has 0 fully saturated rings. The standard InChI is InChI=1S/C28H38F3N3O4/c1-3-5-9-21(29)15-25(34-28(37)38)27(36)33-24(13-20-11-22(30)14-23(31)12-20)26(35)17-32-16-19-8-6-7-18(4-2)10-19/h6-8,10-12,14,21,24-26,32,34-35H,3-5,9,13,15-17H2,1-2H3,(H,33,36)(H,37,38)/t21?,24-,25+,26-/m0/s1. The minimum Gasteiger partial charge on any atom is -0.465 e. The summed E-state index contributed by atoms with van der Waals surface area (Å²) >= 11 is 0. The van der Waals surface area contributed by atoms with Crippen molar-refractivity contribution < 1.29 is 33.0 Å². The van der Waals surface area contributed by atoms with Crippen LogP contribution in [0.4, 0.5) is 18.0 Å². The van der Waals surface area contributed by atoms with Gasteiger partial charge in [-0.3, -0.25) is 4.79 Å². The monoisotopic (exact) mass is 537 g/mol. The van der Waals surface area contributed by atoms with Crippen LogP contribution in [0.3, 0.4) is 0 Å². The molecule has 2 rings (SSSR count). The molecule has 2 amide bonds. The van der Waals surface area contributed by atoms with Crippen LogP contribution in [0.15, 0.2) is 42.5 Å². The molecule has 0 aromatic heterocycles. The Balaban J connectivity index is 2.15. The summed E-state index contributed by atoms with van der Waals surface area (Å²) in [5, 5.41) is 27.8. The Hall–Kier alpha value is -3.11. The van der Waals surface area contributed by atoms with Gasteiger partial charge in [0.15, 0.2) is 0 Å². The van der Waals surface area contributed by atoms with Crippen LogP contribution in [0.2, 0.25) is 0 Å². The molecule has 7 nitrogen and oxygen atoms in total. The first-order valence-electron chi connectivity index (χ1n) is 13.0. The van der Waals surface area contributed by atoms with Gasteiger partial charge in [-0.25, -0.2) is 18.0 Å². The second-order valence-corrected chi connectivity index (χ2v) is 9.45. The molecule has 0 aliphatic carbocycles. The van der Waals surface area contributed by atoms with Crippen molar-refractivity contribution in [1.29, 1.82) is 0 Å². The van der Waals surface area contributed by atoms with E-state index in [0.29, 0.717) is 19.0 Å². The zero-order valence-corrected chi connectivity index (χ0v) is 21.9.